The average molecular weight is 244 g/mol. The molecule has 1 unspecified atom stereocenters. The van der Waals surface area contributed by atoms with Crippen molar-refractivity contribution >= 4 is 0 Å². The van der Waals surface area contributed by atoms with Gasteiger partial charge in [0.05, 0.1) is 0 Å². The largest absolute Gasteiger partial charge is 0.433 e. The van der Waals surface area contributed by atoms with E-state index < -0.39 is 11.9 Å². The number of hydrogen-bond acceptors (Lipinski definition) is 2. The lowest BCUT2D eigenvalue weighted by molar-refractivity contribution is -0.141. The van der Waals surface area contributed by atoms with Crippen molar-refractivity contribution in [3.8, 4) is 0 Å². The van der Waals surface area contributed by atoms with Gasteiger partial charge in [-0.15, -0.1) is 0 Å². The Balaban J connectivity index is 2.18. The van der Waals surface area contributed by atoms with E-state index in [0.29, 0.717) is 11.6 Å². The highest BCUT2D eigenvalue weighted by molar-refractivity contribution is 5.26. The van der Waals surface area contributed by atoms with Crippen molar-refractivity contribution in [2.24, 2.45) is 11.7 Å². The summed E-state index contributed by atoms with van der Waals surface area (Å²) in [6, 6.07) is 2.27. The molecule has 2 nitrogen and oxygen atoms in total. The number of hydrogen-bond donors (Lipinski definition) is 1. The van der Waals surface area contributed by atoms with Crippen LogP contribution in [0.5, 0.6) is 0 Å². The van der Waals surface area contributed by atoms with E-state index in [1.54, 1.807) is 6.92 Å². The second-order valence-electron chi connectivity index (χ2n) is 4.65. The number of aromatic nitrogens is 1. The molecular formula is C12H15F3N2. The number of alkyl halides is 3. The molecule has 1 aromatic rings. The van der Waals surface area contributed by atoms with Crippen LogP contribution >= 0.6 is 0 Å². The molecule has 1 aromatic heterocycles. The van der Waals surface area contributed by atoms with Gasteiger partial charge >= 0.3 is 6.18 Å². The predicted octanol–water partition coefficient (Wildman–Crippen LogP) is 3.21. The number of aryl methyl sites for hydroxylation is 1. The first-order valence-electron chi connectivity index (χ1n) is 5.68. The standard InChI is InChI=1S/C12H15F3N2/c1-7-9(10(16)6-8-2-3-8)4-5-11(17-7)12(13,14)15/h4-5,8,10H,2-3,6,16H2,1H3. The summed E-state index contributed by atoms with van der Waals surface area (Å²) < 4.78 is 37.3. The summed E-state index contributed by atoms with van der Waals surface area (Å²) in [6.07, 6.45) is -1.18. The highest BCUT2D eigenvalue weighted by Gasteiger charge is 2.33. The van der Waals surface area contributed by atoms with Gasteiger partial charge in [0.1, 0.15) is 5.69 Å². The van der Waals surface area contributed by atoms with Crippen LogP contribution in [0.2, 0.25) is 0 Å². The van der Waals surface area contributed by atoms with Gasteiger partial charge in [0, 0.05) is 11.7 Å². The second-order valence-corrected chi connectivity index (χ2v) is 4.65. The van der Waals surface area contributed by atoms with Crippen molar-refractivity contribution in [1.82, 2.24) is 4.98 Å². The Hall–Kier alpha value is -1.10. The molecule has 0 bridgehead atoms. The van der Waals surface area contributed by atoms with Gasteiger partial charge in [-0.3, -0.25) is 0 Å². The topological polar surface area (TPSA) is 38.9 Å². The highest BCUT2D eigenvalue weighted by atomic mass is 19.4. The molecule has 17 heavy (non-hydrogen) atoms. The number of rotatable bonds is 3. The van der Waals surface area contributed by atoms with Crippen LogP contribution in [-0.4, -0.2) is 4.98 Å². The fraction of sp³-hybridized carbons (Fsp3) is 0.583. The highest BCUT2D eigenvalue weighted by Crippen LogP contribution is 2.37. The number of pyridine rings is 1. The molecule has 1 aliphatic carbocycles. The minimum Gasteiger partial charge on any atom is -0.324 e. The molecule has 0 saturated heterocycles. The van der Waals surface area contributed by atoms with Crippen molar-refractivity contribution in [3.63, 3.8) is 0 Å². The van der Waals surface area contributed by atoms with Crippen LogP contribution in [0.1, 0.15) is 42.3 Å². The second kappa shape index (κ2) is 4.29. The van der Waals surface area contributed by atoms with E-state index in [9.17, 15) is 13.2 Å². The van der Waals surface area contributed by atoms with Gasteiger partial charge in [-0.25, -0.2) is 4.98 Å². The average Bonchev–Trinajstić information content (AvgIpc) is 2.99. The zero-order valence-corrected chi connectivity index (χ0v) is 9.59. The number of nitrogens with two attached hydrogens (primary N) is 1. The third-order valence-electron chi connectivity index (χ3n) is 3.10. The lowest BCUT2D eigenvalue weighted by Crippen LogP contribution is -2.16. The minimum atomic E-state index is -4.39. The lowest BCUT2D eigenvalue weighted by atomic mass is 10.0. The Kier molecular flexibility index (Phi) is 3.12. The van der Waals surface area contributed by atoms with E-state index >= 15 is 0 Å². The van der Waals surface area contributed by atoms with Gasteiger partial charge in [0.2, 0.25) is 0 Å². The molecule has 1 atom stereocenters. The van der Waals surface area contributed by atoms with Crippen LogP contribution in [0, 0.1) is 12.8 Å². The maximum absolute atomic E-state index is 12.4. The van der Waals surface area contributed by atoms with Gasteiger partial charge < -0.3 is 5.73 Å². The van der Waals surface area contributed by atoms with Crippen molar-refractivity contribution in [2.45, 2.75) is 38.4 Å². The SMILES string of the molecule is Cc1nc(C(F)(F)F)ccc1C(N)CC1CC1. The molecule has 94 valence electrons. The summed E-state index contributed by atoms with van der Waals surface area (Å²) in [7, 11) is 0. The van der Waals surface area contributed by atoms with Gasteiger partial charge in [-0.05, 0) is 30.9 Å². The van der Waals surface area contributed by atoms with Gasteiger partial charge in [0.15, 0.2) is 0 Å². The molecule has 1 aliphatic rings. The van der Waals surface area contributed by atoms with Crippen LogP contribution < -0.4 is 5.73 Å². The smallest absolute Gasteiger partial charge is 0.324 e. The molecule has 0 aromatic carbocycles. The molecule has 1 fully saturated rings. The molecule has 2 rings (SSSR count). The van der Waals surface area contributed by atoms with Crippen molar-refractivity contribution in [1.29, 1.82) is 0 Å². The van der Waals surface area contributed by atoms with E-state index in [0.717, 1.165) is 18.1 Å². The van der Waals surface area contributed by atoms with Gasteiger partial charge in [-0.1, -0.05) is 18.9 Å². The Bertz CT molecular complexity index is 411. The molecule has 0 radical (unpaired) electrons. The molecule has 0 aliphatic heterocycles. The maximum atomic E-state index is 12.4. The summed E-state index contributed by atoms with van der Waals surface area (Å²) >= 11 is 0. The molecule has 0 amide bonds. The first-order chi connectivity index (χ1) is 7.88. The lowest BCUT2D eigenvalue weighted by Gasteiger charge is -2.15. The molecular weight excluding hydrogens is 229 g/mol. The monoisotopic (exact) mass is 244 g/mol. The number of halogens is 3. The van der Waals surface area contributed by atoms with E-state index in [4.69, 9.17) is 5.73 Å². The van der Waals surface area contributed by atoms with Crippen molar-refractivity contribution in [3.05, 3.63) is 29.1 Å². The van der Waals surface area contributed by atoms with Crippen molar-refractivity contribution < 1.29 is 13.2 Å². The zero-order chi connectivity index (χ0) is 12.6. The fourth-order valence-electron chi connectivity index (χ4n) is 1.96. The summed E-state index contributed by atoms with van der Waals surface area (Å²) in [4.78, 5) is 3.59. The van der Waals surface area contributed by atoms with Gasteiger partial charge in [0.25, 0.3) is 0 Å². The Labute approximate surface area is 98.0 Å². The zero-order valence-electron chi connectivity index (χ0n) is 9.59. The van der Waals surface area contributed by atoms with Crippen LogP contribution in [0.25, 0.3) is 0 Å². The van der Waals surface area contributed by atoms with Crippen LogP contribution in [0.15, 0.2) is 12.1 Å². The van der Waals surface area contributed by atoms with Crippen LogP contribution in [0.4, 0.5) is 13.2 Å². The third-order valence-corrected chi connectivity index (χ3v) is 3.10. The summed E-state index contributed by atoms with van der Waals surface area (Å²) in [6.45, 7) is 1.58. The summed E-state index contributed by atoms with van der Waals surface area (Å²) in [5, 5.41) is 0. The maximum Gasteiger partial charge on any atom is 0.433 e. The normalized spacial score (nSPS) is 18.2. The first-order valence-corrected chi connectivity index (χ1v) is 5.68. The minimum absolute atomic E-state index is 0.197. The Morgan fingerprint density at radius 3 is 2.53 bits per heavy atom. The quantitative estimate of drug-likeness (QED) is 0.886. The summed E-state index contributed by atoms with van der Waals surface area (Å²) in [5.74, 6) is 0.645. The third kappa shape index (κ3) is 2.97. The predicted molar refractivity (Wildman–Crippen MR) is 58.2 cm³/mol. The summed E-state index contributed by atoms with van der Waals surface area (Å²) in [5.41, 5.74) is 6.23. The van der Waals surface area contributed by atoms with Gasteiger partial charge in [-0.2, -0.15) is 13.2 Å². The first kappa shape index (κ1) is 12.4. The van der Waals surface area contributed by atoms with Crippen molar-refractivity contribution in [2.75, 3.05) is 0 Å². The van der Waals surface area contributed by atoms with E-state index in [1.165, 1.54) is 18.9 Å². The molecule has 5 heteroatoms. The van der Waals surface area contributed by atoms with E-state index in [1.807, 2.05) is 0 Å². The van der Waals surface area contributed by atoms with E-state index in [2.05, 4.69) is 4.98 Å². The van der Waals surface area contributed by atoms with Crippen LogP contribution in [-0.2, 0) is 6.18 Å². The Morgan fingerprint density at radius 1 is 1.41 bits per heavy atom. The fourth-order valence-corrected chi connectivity index (χ4v) is 1.96. The molecule has 1 saturated carbocycles. The van der Waals surface area contributed by atoms with E-state index in [-0.39, 0.29) is 6.04 Å². The molecule has 2 N–H and O–H groups in total. The number of nitrogens with zero attached hydrogens (tertiary/aromatic N) is 1. The van der Waals surface area contributed by atoms with Crippen LogP contribution in [0.3, 0.4) is 0 Å². The molecule has 1 heterocycles. The molecule has 0 spiro atoms. The Morgan fingerprint density at radius 2 is 2.06 bits per heavy atom.